The summed E-state index contributed by atoms with van der Waals surface area (Å²) in [6, 6.07) is -0.979. The van der Waals surface area contributed by atoms with E-state index in [0.29, 0.717) is 0 Å². The van der Waals surface area contributed by atoms with Gasteiger partial charge in [0.2, 0.25) is 5.91 Å². The van der Waals surface area contributed by atoms with Crippen molar-refractivity contribution in [3.8, 4) is 0 Å². The number of rotatable bonds is 7. The lowest BCUT2D eigenvalue weighted by atomic mass is 10.2. The van der Waals surface area contributed by atoms with Crippen molar-refractivity contribution in [1.82, 2.24) is 0 Å². The summed E-state index contributed by atoms with van der Waals surface area (Å²) in [5, 5.41) is 35.4. The summed E-state index contributed by atoms with van der Waals surface area (Å²) >= 11 is 0. The first-order valence-corrected chi connectivity index (χ1v) is 10.1. The second kappa shape index (κ2) is 10.3. The highest BCUT2D eigenvalue weighted by atomic mass is 32.1. The summed E-state index contributed by atoms with van der Waals surface area (Å²) in [4.78, 5) is 37.4. The Bertz CT molecular complexity index is 473. The number of nitrogens with two attached hydrogens (primary N) is 2. The number of amides is 1. The minimum absolute atomic E-state index is 0.0213. The minimum atomic E-state index is -4.27. The Labute approximate surface area is 138 Å². The number of carbonyl (C=O) groups is 2. The van der Waals surface area contributed by atoms with Gasteiger partial charge in [-0.1, -0.05) is 0 Å². The van der Waals surface area contributed by atoms with E-state index in [1.807, 2.05) is 0 Å². The predicted molar refractivity (Wildman–Crippen MR) is 82.2 cm³/mol. The van der Waals surface area contributed by atoms with Gasteiger partial charge in [-0.3, -0.25) is 14.2 Å². The molecule has 0 radical (unpaired) electrons. The van der Waals surface area contributed by atoms with E-state index in [9.17, 15) is 24.4 Å². The van der Waals surface area contributed by atoms with Crippen molar-refractivity contribution in [3.05, 3.63) is 0 Å². The fraction of sp³-hybridized carbons (Fsp3) is 0.800. The summed E-state index contributed by atoms with van der Waals surface area (Å²) in [7, 11) is -5.19. The molecule has 0 aromatic heterocycles. The van der Waals surface area contributed by atoms with Crippen LogP contribution in [0.5, 0.6) is 0 Å². The molecule has 0 saturated carbocycles. The van der Waals surface area contributed by atoms with Crippen LogP contribution < -0.4 is 11.5 Å². The van der Waals surface area contributed by atoms with E-state index in [2.05, 4.69) is 0 Å². The molecule has 1 fully saturated rings. The second-order valence-electron chi connectivity index (χ2n) is 4.88. The molecule has 10 N–H and O–H groups in total. The lowest BCUT2D eigenvalue weighted by Gasteiger charge is -2.14. The van der Waals surface area contributed by atoms with E-state index in [0.717, 1.165) is 0 Å². The normalized spacial score (nSPS) is 28.4. The number of aliphatic hydroxyl groups is 3. The van der Waals surface area contributed by atoms with Crippen molar-refractivity contribution in [2.45, 2.75) is 43.0 Å². The van der Waals surface area contributed by atoms with Gasteiger partial charge in [-0.05, 0) is 6.42 Å². The highest BCUT2D eigenvalue weighted by Crippen LogP contribution is 2.60. The summed E-state index contributed by atoms with van der Waals surface area (Å²) < 4.78 is 15.5. The Kier molecular flexibility index (Phi) is 10.0. The SMILES string of the molecule is NC(=O)CCC(N)C(=O)O.O=P(O)(O)PC1O[C@H](CO)[C@@H](O)[C@H]1O. The quantitative estimate of drug-likeness (QED) is 0.202. The van der Waals surface area contributed by atoms with Crippen LogP contribution in [0, 0.1) is 0 Å². The summed E-state index contributed by atoms with van der Waals surface area (Å²) in [5.41, 5.74) is 9.81. The van der Waals surface area contributed by atoms with E-state index < -0.39 is 64.2 Å². The number of carboxylic acid groups (broad SMARTS) is 1. The molecule has 1 aliphatic heterocycles. The fourth-order valence-corrected chi connectivity index (χ4v) is 4.15. The first-order chi connectivity index (χ1) is 10.9. The molecule has 12 nitrogen and oxygen atoms in total. The number of hydrogen-bond acceptors (Lipinski definition) is 8. The highest BCUT2D eigenvalue weighted by molar-refractivity contribution is 8.19. The molecule has 0 bridgehead atoms. The monoisotopic (exact) mass is 392 g/mol. The highest BCUT2D eigenvalue weighted by Gasteiger charge is 2.44. The fourth-order valence-electron chi connectivity index (χ4n) is 1.59. The molecule has 1 amide bonds. The Hall–Kier alpha value is -0.680. The summed E-state index contributed by atoms with van der Waals surface area (Å²) in [5.74, 6) is -2.75. The third-order valence-electron chi connectivity index (χ3n) is 2.86. The number of ether oxygens (including phenoxy) is 1. The van der Waals surface area contributed by atoms with Crippen molar-refractivity contribution in [2.24, 2.45) is 11.5 Å². The number of aliphatic hydroxyl groups excluding tert-OH is 3. The number of aliphatic carboxylic acids is 1. The first-order valence-electron chi connectivity index (χ1n) is 6.61. The molecule has 0 aliphatic carbocycles. The number of carboxylic acids is 1. The Balaban J connectivity index is 0.000000470. The number of carbonyl (C=O) groups excluding carboxylic acids is 1. The molecule has 0 aromatic rings. The van der Waals surface area contributed by atoms with Gasteiger partial charge in [-0.25, -0.2) is 0 Å². The van der Waals surface area contributed by atoms with Gasteiger partial charge in [0.15, 0.2) is 0 Å². The lowest BCUT2D eigenvalue weighted by Crippen LogP contribution is -2.32. The van der Waals surface area contributed by atoms with E-state index in [1.54, 1.807) is 0 Å². The van der Waals surface area contributed by atoms with Crippen LogP contribution in [0.15, 0.2) is 0 Å². The van der Waals surface area contributed by atoms with Crippen LogP contribution in [0.25, 0.3) is 0 Å². The maximum atomic E-state index is 10.6. The third-order valence-corrected chi connectivity index (χ3v) is 5.70. The standard InChI is InChI=1S/C5H10N2O3.C5H12O7P2/c6-3(5(9)10)1-2-4(7)8;6-1-2-3(7)4(8)5(12-2)13-14(9,10)11/h3H,1-2,6H2,(H2,7,8)(H,9,10);2-8,13H,1H2,(H2,9,10,11)/t;2-,3-,4-,5?/m.1/s1. The van der Waals surface area contributed by atoms with Gasteiger partial charge in [0.25, 0.3) is 0 Å². The Morgan fingerprint density at radius 1 is 1.25 bits per heavy atom. The third kappa shape index (κ3) is 8.97. The maximum absolute atomic E-state index is 10.6. The summed E-state index contributed by atoms with van der Waals surface area (Å²) in [6.07, 6.45) is -3.52. The smallest absolute Gasteiger partial charge is 0.343 e. The van der Waals surface area contributed by atoms with E-state index in [1.165, 1.54) is 0 Å². The average molecular weight is 392 g/mol. The van der Waals surface area contributed by atoms with Gasteiger partial charge in [0.1, 0.15) is 30.2 Å². The molecular formula is C10H22N2O10P2. The zero-order valence-corrected chi connectivity index (χ0v) is 14.3. The average Bonchev–Trinajstić information content (AvgIpc) is 2.71. The molecule has 1 rings (SSSR count). The van der Waals surface area contributed by atoms with Crippen molar-refractivity contribution >= 4 is 27.4 Å². The molecule has 142 valence electrons. The summed E-state index contributed by atoms with van der Waals surface area (Å²) in [6.45, 7) is -0.500. The molecule has 6 atom stereocenters. The second-order valence-corrected chi connectivity index (χ2v) is 9.32. The van der Waals surface area contributed by atoms with Gasteiger partial charge in [-0.2, -0.15) is 0 Å². The minimum Gasteiger partial charge on any atom is -0.480 e. The topological polar surface area (TPSA) is 234 Å². The molecule has 3 unspecified atom stereocenters. The molecule has 0 aromatic carbocycles. The Morgan fingerprint density at radius 3 is 2.12 bits per heavy atom. The van der Waals surface area contributed by atoms with Crippen molar-refractivity contribution in [3.63, 3.8) is 0 Å². The molecule has 1 aliphatic rings. The van der Waals surface area contributed by atoms with E-state index in [-0.39, 0.29) is 12.8 Å². The molecule has 24 heavy (non-hydrogen) atoms. The van der Waals surface area contributed by atoms with Crippen LogP contribution in [-0.2, 0) is 18.9 Å². The molecule has 14 heteroatoms. The molecule has 1 heterocycles. The maximum Gasteiger partial charge on any atom is 0.343 e. The lowest BCUT2D eigenvalue weighted by molar-refractivity contribution is -0.138. The Morgan fingerprint density at radius 2 is 1.79 bits per heavy atom. The first kappa shape index (κ1) is 23.3. The van der Waals surface area contributed by atoms with Gasteiger partial charge >= 0.3 is 13.3 Å². The number of hydrogen-bond donors (Lipinski definition) is 8. The van der Waals surface area contributed by atoms with E-state index in [4.69, 9.17) is 36.2 Å². The molecular weight excluding hydrogens is 370 g/mol. The zero-order valence-electron chi connectivity index (χ0n) is 12.4. The van der Waals surface area contributed by atoms with Crippen molar-refractivity contribution in [2.75, 3.05) is 6.61 Å². The van der Waals surface area contributed by atoms with Crippen LogP contribution in [0.2, 0.25) is 0 Å². The van der Waals surface area contributed by atoms with Crippen molar-refractivity contribution in [1.29, 1.82) is 0 Å². The van der Waals surface area contributed by atoms with Crippen LogP contribution in [0.1, 0.15) is 12.8 Å². The van der Waals surface area contributed by atoms with Gasteiger partial charge in [0, 0.05) is 14.7 Å². The van der Waals surface area contributed by atoms with Crippen LogP contribution >= 0.6 is 15.6 Å². The van der Waals surface area contributed by atoms with Crippen LogP contribution in [0.3, 0.4) is 0 Å². The van der Waals surface area contributed by atoms with E-state index >= 15 is 0 Å². The van der Waals surface area contributed by atoms with Crippen LogP contribution in [0.4, 0.5) is 0 Å². The van der Waals surface area contributed by atoms with Gasteiger partial charge < -0.3 is 46.4 Å². The van der Waals surface area contributed by atoms with Crippen LogP contribution in [-0.4, -0.2) is 78.9 Å². The van der Waals surface area contributed by atoms with Crippen molar-refractivity contribution < 1.29 is 49.1 Å². The largest absolute Gasteiger partial charge is 0.480 e. The van der Waals surface area contributed by atoms with Gasteiger partial charge in [-0.15, -0.1) is 0 Å². The predicted octanol–water partition coefficient (Wildman–Crippen LogP) is -3.14. The van der Waals surface area contributed by atoms with Gasteiger partial charge in [0.05, 0.1) is 6.61 Å². The molecule has 1 saturated heterocycles. The molecule has 0 spiro atoms. The number of primary amides is 1. The zero-order chi connectivity index (χ0) is 19.1.